The Morgan fingerprint density at radius 3 is 1.14 bits per heavy atom. The third-order valence-electron chi connectivity index (χ3n) is 2.56. The molecule has 2 unspecified atom stereocenters. The first-order valence-electron chi connectivity index (χ1n) is 7.14. The monoisotopic (exact) mass is 524 g/mol. The van der Waals surface area contributed by atoms with E-state index in [9.17, 15) is 60.9 Å². The van der Waals surface area contributed by atoms with Gasteiger partial charge in [0.1, 0.15) is 6.42 Å². The Morgan fingerprint density at radius 1 is 0.828 bits per heavy atom. The van der Waals surface area contributed by atoms with E-state index in [2.05, 4.69) is 0 Å². The van der Waals surface area contributed by atoms with Crippen LogP contribution in [-0.4, -0.2) is 47.0 Å². The van der Waals surface area contributed by atoms with Gasteiger partial charge in [0.25, 0.3) is 0 Å². The second-order valence-electron chi connectivity index (χ2n) is 4.66. The van der Waals surface area contributed by atoms with Gasteiger partial charge in [-0.25, -0.2) is 0 Å². The van der Waals surface area contributed by atoms with Crippen molar-refractivity contribution in [1.29, 1.82) is 0 Å². The number of carboxylic acids is 3. The SMILES string of the molecule is CCC(C(=O)[O-])C(=O)F.CCC(C(=O)[O-])C(=O)F.O=C(O)CC(=O)C(F)(F)F.[Ru+2]. The molecule has 0 aliphatic carbocycles. The average molecular weight is 523 g/mol. The molecule has 0 aromatic heterocycles. The third-order valence-corrected chi connectivity index (χ3v) is 2.56. The number of carbonyl (C=O) groups excluding carboxylic acids is 5. The van der Waals surface area contributed by atoms with E-state index in [4.69, 9.17) is 5.11 Å². The molecule has 0 spiro atoms. The van der Waals surface area contributed by atoms with Gasteiger partial charge < -0.3 is 24.9 Å². The molecule has 168 valence electrons. The minimum absolute atomic E-state index is 0. The predicted molar refractivity (Wildman–Crippen MR) is 73.1 cm³/mol. The molecule has 0 aromatic carbocycles. The molecular weight excluding hydrogens is 508 g/mol. The molecule has 15 heteroatoms. The van der Waals surface area contributed by atoms with Crippen LogP contribution in [0.2, 0.25) is 0 Å². The van der Waals surface area contributed by atoms with Crippen LogP contribution in [0.25, 0.3) is 0 Å². The van der Waals surface area contributed by atoms with Crippen LogP contribution in [0.15, 0.2) is 0 Å². The molecule has 0 heterocycles. The van der Waals surface area contributed by atoms with Gasteiger partial charge in [0.15, 0.2) is 0 Å². The molecule has 9 nitrogen and oxygen atoms in total. The second kappa shape index (κ2) is 16.6. The molecule has 0 saturated carbocycles. The van der Waals surface area contributed by atoms with Gasteiger partial charge in [-0.05, 0) is 12.8 Å². The van der Waals surface area contributed by atoms with Crippen LogP contribution in [0, 0.1) is 11.8 Å². The van der Waals surface area contributed by atoms with E-state index >= 15 is 0 Å². The molecular formula is C14H15F5O9Ru. The smallest absolute Gasteiger partial charge is 0.549 e. The van der Waals surface area contributed by atoms with Crippen molar-refractivity contribution in [2.45, 2.75) is 39.3 Å². The van der Waals surface area contributed by atoms with Crippen molar-refractivity contribution in [2.75, 3.05) is 0 Å². The number of carboxylic acid groups (broad SMARTS) is 3. The van der Waals surface area contributed by atoms with Crippen molar-refractivity contribution in [1.82, 2.24) is 0 Å². The summed E-state index contributed by atoms with van der Waals surface area (Å²) >= 11 is 0. The van der Waals surface area contributed by atoms with E-state index in [1.807, 2.05) is 0 Å². The minimum Gasteiger partial charge on any atom is -0.549 e. The van der Waals surface area contributed by atoms with Crippen LogP contribution in [0.3, 0.4) is 0 Å². The second-order valence-corrected chi connectivity index (χ2v) is 4.66. The fourth-order valence-electron chi connectivity index (χ4n) is 1.08. The van der Waals surface area contributed by atoms with E-state index in [1.165, 1.54) is 13.8 Å². The van der Waals surface area contributed by atoms with E-state index in [0.717, 1.165) is 0 Å². The molecule has 0 bridgehead atoms. The Hall–Kier alpha value is -2.31. The van der Waals surface area contributed by atoms with Crippen LogP contribution >= 0.6 is 0 Å². The van der Waals surface area contributed by atoms with E-state index in [1.54, 1.807) is 0 Å². The van der Waals surface area contributed by atoms with Gasteiger partial charge >= 0.3 is 43.7 Å². The standard InChI is InChI=1S/2C5H7FO3.C4H3F3O3.Ru/c2*1-2-3(4(6)7)5(8)9;5-4(6,7)2(8)1-3(9)10;/h2*3H,2H2,1H3,(H,8,9);1H2,(H,9,10);/q;;;+2/p-2. The topological polar surface area (TPSA) is 169 Å². The third kappa shape index (κ3) is 18.8. The molecule has 0 saturated heterocycles. The van der Waals surface area contributed by atoms with Crippen LogP contribution in [0.1, 0.15) is 33.1 Å². The van der Waals surface area contributed by atoms with Gasteiger partial charge in [0.05, 0.1) is 23.8 Å². The van der Waals surface area contributed by atoms with Gasteiger partial charge in [-0.3, -0.25) is 19.2 Å². The van der Waals surface area contributed by atoms with Crippen LogP contribution < -0.4 is 10.2 Å². The van der Waals surface area contributed by atoms with Gasteiger partial charge in [-0.1, -0.05) is 13.8 Å². The Bertz CT molecular complexity index is 533. The first-order chi connectivity index (χ1) is 12.5. The van der Waals surface area contributed by atoms with Crippen molar-refractivity contribution >= 4 is 35.8 Å². The zero-order valence-electron chi connectivity index (χ0n) is 14.7. The molecule has 0 fully saturated rings. The first-order valence-corrected chi connectivity index (χ1v) is 7.14. The van der Waals surface area contributed by atoms with Crippen molar-refractivity contribution < 1.29 is 85.5 Å². The Balaban J connectivity index is -0.000000159. The molecule has 0 aliphatic rings. The zero-order valence-corrected chi connectivity index (χ0v) is 16.5. The molecule has 0 rings (SSSR count). The summed E-state index contributed by atoms with van der Waals surface area (Å²) < 4.78 is 56.7. The summed E-state index contributed by atoms with van der Waals surface area (Å²) in [5.74, 6) is -10.5. The first kappa shape index (κ1) is 34.2. The van der Waals surface area contributed by atoms with Crippen LogP contribution in [0.4, 0.5) is 22.0 Å². The molecule has 2 atom stereocenters. The number of ketones is 1. The summed E-state index contributed by atoms with van der Waals surface area (Å²) in [4.78, 5) is 58.4. The zero-order chi connectivity index (χ0) is 23.2. The van der Waals surface area contributed by atoms with E-state index in [-0.39, 0.29) is 32.3 Å². The maximum absolute atomic E-state index is 11.6. The largest absolute Gasteiger partial charge is 2.00 e. The molecule has 0 aromatic rings. The van der Waals surface area contributed by atoms with Crippen molar-refractivity contribution in [3.8, 4) is 0 Å². The van der Waals surface area contributed by atoms with Crippen LogP contribution in [-0.2, 0) is 48.2 Å². The molecule has 29 heavy (non-hydrogen) atoms. The number of halogens is 5. The Morgan fingerprint density at radius 2 is 1.10 bits per heavy atom. The summed E-state index contributed by atoms with van der Waals surface area (Å²) in [6, 6.07) is -3.67. The molecule has 0 amide bonds. The molecule has 1 N–H and O–H groups in total. The number of carbonyl (C=O) groups is 6. The summed E-state index contributed by atoms with van der Waals surface area (Å²) in [5.41, 5.74) is 0. The predicted octanol–water partition coefficient (Wildman–Crippen LogP) is -0.893. The normalized spacial score (nSPS) is 11.7. The number of Topliss-reactive ketones (excluding diaryl/α,β-unsaturated/α-hetero) is 1. The van der Waals surface area contributed by atoms with Crippen molar-refractivity contribution in [2.24, 2.45) is 11.8 Å². The maximum atomic E-state index is 11.6. The summed E-state index contributed by atoms with van der Waals surface area (Å²) in [6.45, 7) is 2.80. The Kier molecular flexibility index (Phi) is 19.6. The average Bonchev–Trinajstić information content (AvgIpc) is 2.46. The van der Waals surface area contributed by atoms with Gasteiger partial charge in [-0.15, -0.1) is 0 Å². The Labute approximate surface area is 173 Å². The van der Waals surface area contributed by atoms with Gasteiger partial charge in [0.2, 0.25) is 5.78 Å². The number of alkyl halides is 3. The quantitative estimate of drug-likeness (QED) is 0.184. The summed E-state index contributed by atoms with van der Waals surface area (Å²) in [6.07, 6.45) is -6.64. The summed E-state index contributed by atoms with van der Waals surface area (Å²) in [5, 5.41) is 27.3. The summed E-state index contributed by atoms with van der Waals surface area (Å²) in [7, 11) is 0. The minimum atomic E-state index is -5.03. The number of hydrogen-bond donors (Lipinski definition) is 1. The maximum Gasteiger partial charge on any atom is 2.00 e. The van der Waals surface area contributed by atoms with Crippen LogP contribution in [0.5, 0.6) is 0 Å². The number of rotatable bonds is 8. The van der Waals surface area contributed by atoms with E-state index in [0.29, 0.717) is 0 Å². The fourth-order valence-corrected chi connectivity index (χ4v) is 1.08. The van der Waals surface area contributed by atoms with Gasteiger partial charge in [-0.2, -0.15) is 22.0 Å². The van der Waals surface area contributed by atoms with Crippen molar-refractivity contribution in [3.63, 3.8) is 0 Å². The van der Waals surface area contributed by atoms with Gasteiger partial charge in [0, 0.05) is 0 Å². The van der Waals surface area contributed by atoms with E-state index < -0.39 is 60.2 Å². The fraction of sp³-hybridized carbons (Fsp3) is 0.571. The molecule has 0 aliphatic heterocycles. The molecule has 0 radical (unpaired) electrons. The van der Waals surface area contributed by atoms with Crippen molar-refractivity contribution in [3.05, 3.63) is 0 Å². The number of aliphatic carboxylic acids is 3. The number of hydrogen-bond acceptors (Lipinski definition) is 8.